The Bertz CT molecular complexity index is 663. The largest absolute Gasteiger partial charge is 0.493 e. The molecule has 0 unspecified atom stereocenters. The second-order valence-electron chi connectivity index (χ2n) is 6.15. The van der Waals surface area contributed by atoms with Crippen molar-refractivity contribution in [2.75, 3.05) is 13.7 Å². The lowest BCUT2D eigenvalue weighted by atomic mass is 10.1. The lowest BCUT2D eigenvalue weighted by Crippen LogP contribution is -2.42. The molecule has 2 rings (SSSR count). The number of pyridine rings is 1. The van der Waals surface area contributed by atoms with Crippen LogP contribution in [0.5, 0.6) is 11.5 Å². The standard InChI is InChI=1S/C18H23ClN2O3/c1-18(2,12-22)21-10-14-7-15(19)17(16(8-14)23-3)24-11-13-5-4-6-20-9-13/h4-9,21-22H,10-12H2,1-3H3. The zero-order chi connectivity index (χ0) is 17.6. The molecule has 0 saturated heterocycles. The topological polar surface area (TPSA) is 63.6 Å². The van der Waals surface area contributed by atoms with Gasteiger partial charge in [-0.15, -0.1) is 0 Å². The molecule has 0 fully saturated rings. The molecule has 2 aromatic rings. The highest BCUT2D eigenvalue weighted by Gasteiger charge is 2.17. The van der Waals surface area contributed by atoms with Gasteiger partial charge in [-0.05, 0) is 37.6 Å². The van der Waals surface area contributed by atoms with Crippen LogP contribution < -0.4 is 14.8 Å². The molecule has 130 valence electrons. The first-order valence-corrected chi connectivity index (χ1v) is 8.07. The van der Waals surface area contributed by atoms with Gasteiger partial charge in [0.25, 0.3) is 0 Å². The van der Waals surface area contributed by atoms with Gasteiger partial charge in [0.05, 0.1) is 18.7 Å². The molecule has 0 saturated carbocycles. The number of hydrogen-bond donors (Lipinski definition) is 2. The summed E-state index contributed by atoms with van der Waals surface area (Å²) in [7, 11) is 1.58. The SMILES string of the molecule is COc1cc(CNC(C)(C)CO)cc(Cl)c1OCc1cccnc1. The number of ether oxygens (including phenoxy) is 2. The Morgan fingerprint density at radius 1 is 1.29 bits per heavy atom. The average Bonchev–Trinajstić information content (AvgIpc) is 2.59. The first kappa shape index (κ1) is 18.5. The molecule has 0 bridgehead atoms. The number of benzene rings is 1. The van der Waals surface area contributed by atoms with E-state index in [1.807, 2.05) is 38.1 Å². The van der Waals surface area contributed by atoms with Gasteiger partial charge >= 0.3 is 0 Å². The van der Waals surface area contributed by atoms with Gasteiger partial charge in [-0.2, -0.15) is 0 Å². The Hall–Kier alpha value is -1.82. The van der Waals surface area contributed by atoms with Gasteiger partial charge in [0.15, 0.2) is 11.5 Å². The van der Waals surface area contributed by atoms with Crippen LogP contribution in [0.15, 0.2) is 36.7 Å². The lowest BCUT2D eigenvalue weighted by Gasteiger charge is -2.24. The predicted octanol–water partition coefficient (Wildman–Crippen LogP) is 3.18. The number of hydrogen-bond acceptors (Lipinski definition) is 5. The molecule has 0 spiro atoms. The molecule has 1 aromatic carbocycles. The maximum absolute atomic E-state index is 9.31. The Morgan fingerprint density at radius 3 is 2.71 bits per heavy atom. The van der Waals surface area contributed by atoms with Crippen molar-refractivity contribution in [1.82, 2.24) is 10.3 Å². The van der Waals surface area contributed by atoms with Crippen molar-refractivity contribution in [1.29, 1.82) is 0 Å². The van der Waals surface area contributed by atoms with E-state index in [0.717, 1.165) is 11.1 Å². The fourth-order valence-corrected chi connectivity index (χ4v) is 2.34. The van der Waals surface area contributed by atoms with Crippen molar-refractivity contribution in [3.05, 3.63) is 52.8 Å². The summed E-state index contributed by atoms with van der Waals surface area (Å²) in [5, 5.41) is 13.1. The van der Waals surface area contributed by atoms with Gasteiger partial charge < -0.3 is 19.9 Å². The number of aromatic nitrogens is 1. The summed E-state index contributed by atoms with van der Waals surface area (Å²) >= 11 is 6.37. The molecule has 24 heavy (non-hydrogen) atoms. The van der Waals surface area contributed by atoms with Crippen molar-refractivity contribution in [3.8, 4) is 11.5 Å². The Kier molecular flexibility index (Phi) is 6.43. The minimum atomic E-state index is -0.366. The quantitative estimate of drug-likeness (QED) is 0.765. The summed E-state index contributed by atoms with van der Waals surface area (Å²) in [6, 6.07) is 7.51. The zero-order valence-electron chi connectivity index (χ0n) is 14.2. The van der Waals surface area contributed by atoms with Crippen LogP contribution in [0, 0.1) is 0 Å². The van der Waals surface area contributed by atoms with Crippen molar-refractivity contribution in [2.45, 2.75) is 32.5 Å². The van der Waals surface area contributed by atoms with Crippen LogP contribution in [-0.2, 0) is 13.2 Å². The first-order chi connectivity index (χ1) is 11.4. The van der Waals surface area contributed by atoms with Crippen LogP contribution >= 0.6 is 11.6 Å². The van der Waals surface area contributed by atoms with Crippen LogP contribution in [-0.4, -0.2) is 29.3 Å². The monoisotopic (exact) mass is 350 g/mol. The van der Waals surface area contributed by atoms with Crippen molar-refractivity contribution < 1.29 is 14.6 Å². The van der Waals surface area contributed by atoms with Gasteiger partial charge in [0.1, 0.15) is 6.61 Å². The smallest absolute Gasteiger partial charge is 0.180 e. The molecule has 6 heteroatoms. The third-order valence-electron chi connectivity index (χ3n) is 3.56. The molecule has 0 aliphatic carbocycles. The minimum Gasteiger partial charge on any atom is -0.493 e. The summed E-state index contributed by atoms with van der Waals surface area (Å²) in [5.74, 6) is 1.08. The summed E-state index contributed by atoms with van der Waals surface area (Å²) < 4.78 is 11.2. The molecule has 0 aliphatic rings. The molecular weight excluding hydrogens is 328 g/mol. The Morgan fingerprint density at radius 2 is 2.08 bits per heavy atom. The summed E-state index contributed by atoms with van der Waals surface area (Å²) in [6.07, 6.45) is 3.46. The zero-order valence-corrected chi connectivity index (χ0v) is 14.9. The maximum atomic E-state index is 9.31. The van der Waals surface area contributed by atoms with Crippen LogP contribution in [0.2, 0.25) is 5.02 Å². The Balaban J connectivity index is 2.12. The number of methoxy groups -OCH3 is 1. The van der Waals surface area contributed by atoms with Gasteiger partial charge in [-0.25, -0.2) is 0 Å². The highest BCUT2D eigenvalue weighted by Crippen LogP contribution is 2.37. The van der Waals surface area contributed by atoms with E-state index in [4.69, 9.17) is 21.1 Å². The van der Waals surface area contributed by atoms with E-state index >= 15 is 0 Å². The second kappa shape index (κ2) is 8.33. The molecule has 1 aromatic heterocycles. The number of rotatable bonds is 8. The molecule has 2 N–H and O–H groups in total. The molecule has 1 heterocycles. The number of nitrogens with one attached hydrogen (secondary N) is 1. The lowest BCUT2D eigenvalue weighted by molar-refractivity contribution is 0.187. The van der Waals surface area contributed by atoms with Gasteiger partial charge in [0.2, 0.25) is 0 Å². The number of nitrogens with zero attached hydrogens (tertiary/aromatic N) is 1. The second-order valence-corrected chi connectivity index (χ2v) is 6.56. The normalized spacial score (nSPS) is 11.4. The summed E-state index contributed by atoms with van der Waals surface area (Å²) in [4.78, 5) is 4.06. The van der Waals surface area contributed by atoms with Crippen LogP contribution in [0.3, 0.4) is 0 Å². The fourth-order valence-electron chi connectivity index (χ4n) is 2.05. The highest BCUT2D eigenvalue weighted by atomic mass is 35.5. The molecule has 0 atom stereocenters. The van der Waals surface area contributed by atoms with Crippen molar-refractivity contribution in [2.24, 2.45) is 0 Å². The fraction of sp³-hybridized carbons (Fsp3) is 0.389. The highest BCUT2D eigenvalue weighted by molar-refractivity contribution is 6.32. The van der Waals surface area contributed by atoms with Crippen molar-refractivity contribution >= 4 is 11.6 Å². The summed E-state index contributed by atoms with van der Waals surface area (Å²) in [5.41, 5.74) is 1.54. The van der Waals surface area contributed by atoms with Crippen LogP contribution in [0.4, 0.5) is 0 Å². The van der Waals surface area contributed by atoms with Crippen molar-refractivity contribution in [3.63, 3.8) is 0 Å². The molecule has 0 aliphatic heterocycles. The molecule has 0 amide bonds. The minimum absolute atomic E-state index is 0.0458. The van der Waals surface area contributed by atoms with E-state index in [9.17, 15) is 5.11 Å². The summed E-state index contributed by atoms with van der Waals surface area (Å²) in [6.45, 7) is 4.82. The first-order valence-electron chi connectivity index (χ1n) is 7.69. The van der Waals surface area contributed by atoms with E-state index in [1.165, 1.54) is 0 Å². The Labute approximate surface area is 147 Å². The van der Waals surface area contributed by atoms with E-state index in [-0.39, 0.29) is 12.1 Å². The number of aliphatic hydroxyl groups excluding tert-OH is 1. The third-order valence-corrected chi connectivity index (χ3v) is 3.84. The van der Waals surface area contributed by atoms with E-state index in [2.05, 4.69) is 10.3 Å². The van der Waals surface area contributed by atoms with E-state index in [0.29, 0.717) is 29.7 Å². The maximum Gasteiger partial charge on any atom is 0.180 e. The number of halogens is 1. The van der Waals surface area contributed by atoms with E-state index < -0.39 is 0 Å². The van der Waals surface area contributed by atoms with Crippen LogP contribution in [0.25, 0.3) is 0 Å². The molecule has 5 nitrogen and oxygen atoms in total. The van der Waals surface area contributed by atoms with E-state index in [1.54, 1.807) is 19.5 Å². The van der Waals surface area contributed by atoms with Crippen LogP contribution in [0.1, 0.15) is 25.0 Å². The third kappa shape index (κ3) is 5.09. The predicted molar refractivity (Wildman–Crippen MR) is 94.6 cm³/mol. The van der Waals surface area contributed by atoms with Gasteiger partial charge in [0, 0.05) is 30.0 Å². The molecule has 0 radical (unpaired) electrons. The average molecular weight is 351 g/mol. The van der Waals surface area contributed by atoms with Gasteiger partial charge in [-0.1, -0.05) is 17.7 Å². The number of aliphatic hydroxyl groups is 1. The molecular formula is C18H23ClN2O3. The van der Waals surface area contributed by atoms with Gasteiger partial charge in [-0.3, -0.25) is 4.98 Å².